The molecule has 0 fully saturated rings. The predicted molar refractivity (Wildman–Crippen MR) is 144 cm³/mol. The van der Waals surface area contributed by atoms with Gasteiger partial charge >= 0.3 is 5.97 Å². The van der Waals surface area contributed by atoms with Crippen LogP contribution in [0.3, 0.4) is 0 Å². The molecule has 3 aromatic rings. The quantitative estimate of drug-likeness (QED) is 0.245. The lowest BCUT2D eigenvalue weighted by Crippen LogP contribution is -2.37. The monoisotopic (exact) mass is 540 g/mol. The Labute approximate surface area is 226 Å². The Balaban J connectivity index is 1.30. The minimum Gasteiger partial charge on any atom is -0.492 e. The van der Waals surface area contributed by atoms with E-state index in [1.54, 1.807) is 12.3 Å². The molecule has 0 saturated heterocycles. The second kappa shape index (κ2) is 14.3. The van der Waals surface area contributed by atoms with E-state index in [0.717, 1.165) is 68.4 Å². The van der Waals surface area contributed by atoms with Crippen LogP contribution in [0.2, 0.25) is 0 Å². The van der Waals surface area contributed by atoms with Gasteiger partial charge in [-0.3, -0.25) is 4.90 Å². The fraction of sp³-hybridized carbons (Fsp3) is 0.429. The van der Waals surface area contributed by atoms with Gasteiger partial charge in [0.15, 0.2) is 0 Å². The highest BCUT2D eigenvalue weighted by molar-refractivity contribution is 5.76. The molecule has 0 unspecified atom stereocenters. The summed E-state index contributed by atoms with van der Waals surface area (Å²) >= 11 is 0. The van der Waals surface area contributed by atoms with Crippen LogP contribution >= 0.6 is 0 Å². The summed E-state index contributed by atoms with van der Waals surface area (Å²) in [5.74, 6) is -0.837. The fourth-order valence-corrected chi connectivity index (χ4v) is 4.51. The molecule has 0 amide bonds. The van der Waals surface area contributed by atoms with Crippen molar-refractivity contribution in [3.05, 3.63) is 71.8 Å². The lowest BCUT2D eigenvalue weighted by atomic mass is 10.1. The van der Waals surface area contributed by atoms with Gasteiger partial charge in [0.25, 0.3) is 0 Å². The van der Waals surface area contributed by atoms with E-state index < -0.39 is 23.6 Å². The van der Waals surface area contributed by atoms with Crippen LogP contribution in [0.1, 0.15) is 36.9 Å². The van der Waals surface area contributed by atoms with Gasteiger partial charge in [-0.1, -0.05) is 6.07 Å². The summed E-state index contributed by atoms with van der Waals surface area (Å²) in [6, 6.07) is 8.09. The third-order valence-corrected chi connectivity index (χ3v) is 6.56. The van der Waals surface area contributed by atoms with Gasteiger partial charge in [0.05, 0.1) is 0 Å². The number of nitrogens with one attached hydrogen (secondary N) is 2. The number of fused-ring (bicyclic) bond motifs is 1. The molecule has 1 aliphatic heterocycles. The summed E-state index contributed by atoms with van der Waals surface area (Å²) in [7, 11) is 0. The highest BCUT2D eigenvalue weighted by Gasteiger charge is 2.19. The molecule has 2 aromatic heterocycles. The summed E-state index contributed by atoms with van der Waals surface area (Å²) in [6.45, 7) is 2.82. The van der Waals surface area contributed by atoms with Gasteiger partial charge < -0.3 is 20.5 Å². The normalized spacial score (nSPS) is 13.4. The first-order valence-electron chi connectivity index (χ1n) is 13.3. The Bertz CT molecular complexity index is 1200. The van der Waals surface area contributed by atoms with Crippen molar-refractivity contribution < 1.29 is 23.4 Å². The first-order chi connectivity index (χ1) is 19.0. The first-order valence-corrected chi connectivity index (χ1v) is 13.3. The Kier molecular flexibility index (Phi) is 10.4. The molecule has 0 spiro atoms. The lowest BCUT2D eigenvalue weighted by molar-refractivity contribution is -0.138. The van der Waals surface area contributed by atoms with Crippen LogP contribution in [0.15, 0.2) is 48.9 Å². The SMILES string of the molecule is O=C(O)[C@H](CCN(CCCCc1ccc2c(n1)NCCC2)CCOc1cc(F)cc(F)c1)Nc1ccncn1. The molecular weight excluding hydrogens is 506 g/mol. The zero-order valence-electron chi connectivity index (χ0n) is 21.8. The molecule has 3 N–H and O–H groups in total. The number of pyridine rings is 1. The number of ether oxygens (including phenoxy) is 1. The molecule has 4 rings (SSSR count). The number of nitrogens with zero attached hydrogens (tertiary/aromatic N) is 4. The van der Waals surface area contributed by atoms with Crippen molar-refractivity contribution in [2.75, 3.05) is 43.4 Å². The van der Waals surface area contributed by atoms with Crippen molar-refractivity contribution in [2.45, 2.75) is 44.6 Å². The number of carbonyl (C=O) groups is 1. The van der Waals surface area contributed by atoms with E-state index >= 15 is 0 Å². The van der Waals surface area contributed by atoms with Gasteiger partial charge in [-0.05, 0) is 62.8 Å². The van der Waals surface area contributed by atoms with Gasteiger partial charge in [-0.15, -0.1) is 0 Å². The number of hydrogen-bond acceptors (Lipinski definition) is 8. The molecule has 0 radical (unpaired) electrons. The number of aromatic nitrogens is 3. The van der Waals surface area contributed by atoms with Crippen LogP contribution in [-0.4, -0.2) is 69.8 Å². The largest absolute Gasteiger partial charge is 0.492 e. The highest BCUT2D eigenvalue weighted by Crippen LogP contribution is 2.20. The number of aliphatic carboxylic acids is 1. The molecule has 0 bridgehead atoms. The smallest absolute Gasteiger partial charge is 0.326 e. The van der Waals surface area contributed by atoms with Crippen LogP contribution in [0.5, 0.6) is 5.75 Å². The van der Waals surface area contributed by atoms with Gasteiger partial charge in [0.1, 0.15) is 48.0 Å². The molecule has 1 atom stereocenters. The molecule has 39 heavy (non-hydrogen) atoms. The Morgan fingerprint density at radius 2 is 1.97 bits per heavy atom. The molecule has 0 aliphatic carbocycles. The average molecular weight is 541 g/mol. The van der Waals surface area contributed by atoms with Crippen molar-refractivity contribution in [3.63, 3.8) is 0 Å². The first kappa shape index (κ1) is 28.2. The van der Waals surface area contributed by atoms with Gasteiger partial charge in [-0.2, -0.15) is 0 Å². The van der Waals surface area contributed by atoms with E-state index in [0.29, 0.717) is 31.9 Å². The maximum Gasteiger partial charge on any atom is 0.326 e. The fourth-order valence-electron chi connectivity index (χ4n) is 4.51. The third kappa shape index (κ3) is 9.13. The van der Waals surface area contributed by atoms with Gasteiger partial charge in [0, 0.05) is 49.7 Å². The number of rotatable bonds is 15. The van der Waals surface area contributed by atoms with E-state index in [4.69, 9.17) is 9.72 Å². The second-order valence-electron chi connectivity index (χ2n) is 9.51. The molecule has 3 heterocycles. The van der Waals surface area contributed by atoms with E-state index in [1.165, 1.54) is 11.9 Å². The van der Waals surface area contributed by atoms with Crippen LogP contribution in [0.4, 0.5) is 20.4 Å². The number of halogens is 2. The van der Waals surface area contributed by atoms with Crippen LogP contribution in [0, 0.1) is 11.6 Å². The van der Waals surface area contributed by atoms with Crippen molar-refractivity contribution in [2.24, 2.45) is 0 Å². The molecule has 208 valence electrons. The summed E-state index contributed by atoms with van der Waals surface area (Å²) in [5.41, 5.74) is 2.31. The molecule has 0 saturated carbocycles. The third-order valence-electron chi connectivity index (χ3n) is 6.56. The van der Waals surface area contributed by atoms with E-state index in [2.05, 4.69) is 37.6 Å². The van der Waals surface area contributed by atoms with E-state index in [-0.39, 0.29) is 12.4 Å². The minimum atomic E-state index is -0.979. The van der Waals surface area contributed by atoms with E-state index in [1.807, 2.05) is 0 Å². The summed E-state index contributed by atoms with van der Waals surface area (Å²) in [4.78, 5) is 26.6. The maximum absolute atomic E-state index is 13.5. The number of benzene rings is 1. The maximum atomic E-state index is 13.5. The number of carboxylic acids is 1. The molecule has 11 heteroatoms. The lowest BCUT2D eigenvalue weighted by Gasteiger charge is -2.24. The van der Waals surface area contributed by atoms with E-state index in [9.17, 15) is 18.7 Å². The van der Waals surface area contributed by atoms with Crippen molar-refractivity contribution >= 4 is 17.6 Å². The highest BCUT2D eigenvalue weighted by atomic mass is 19.1. The number of hydrogen-bond donors (Lipinski definition) is 3. The number of aryl methyl sites for hydroxylation is 2. The number of unbranched alkanes of at least 4 members (excludes halogenated alkanes) is 1. The van der Waals surface area contributed by atoms with Crippen LogP contribution in [-0.2, 0) is 17.6 Å². The molecule has 1 aromatic carbocycles. The topological polar surface area (TPSA) is 112 Å². The van der Waals surface area contributed by atoms with Crippen molar-refractivity contribution in [1.82, 2.24) is 19.9 Å². The second-order valence-corrected chi connectivity index (χ2v) is 9.51. The number of anilines is 2. The molecule has 1 aliphatic rings. The standard InChI is InChI=1S/C28H34F2N6O3/c29-21-16-22(30)18-24(17-21)39-15-14-36(13-9-25(28(37)38)35-26-8-11-31-19-33-26)12-2-1-5-23-7-6-20-4-3-10-32-27(20)34-23/h6-8,11,16-19,25H,1-5,9-10,12-15H2,(H,32,34)(H,37,38)(H,31,33,35)/t25-/m0/s1. The molecule has 9 nitrogen and oxygen atoms in total. The van der Waals surface area contributed by atoms with Gasteiger partial charge in [0.2, 0.25) is 0 Å². The van der Waals surface area contributed by atoms with Crippen LogP contribution in [0.25, 0.3) is 0 Å². The Hall–Kier alpha value is -3.86. The summed E-state index contributed by atoms with van der Waals surface area (Å²) in [5, 5.41) is 16.0. The molecular formula is C28H34F2N6O3. The zero-order chi connectivity index (χ0) is 27.5. The summed E-state index contributed by atoms with van der Waals surface area (Å²) in [6.07, 6.45) is 8.03. The average Bonchev–Trinajstić information content (AvgIpc) is 2.92. The van der Waals surface area contributed by atoms with Crippen molar-refractivity contribution in [3.8, 4) is 5.75 Å². The van der Waals surface area contributed by atoms with Crippen molar-refractivity contribution in [1.29, 1.82) is 0 Å². The summed E-state index contributed by atoms with van der Waals surface area (Å²) < 4.78 is 32.6. The predicted octanol–water partition coefficient (Wildman–Crippen LogP) is 4.17. The Morgan fingerprint density at radius 3 is 2.74 bits per heavy atom. The van der Waals surface area contributed by atoms with Gasteiger partial charge in [-0.25, -0.2) is 28.5 Å². The number of carboxylic acid groups (broad SMARTS) is 1. The Morgan fingerprint density at radius 1 is 1.13 bits per heavy atom. The minimum absolute atomic E-state index is 0.119. The van der Waals surface area contributed by atoms with Crippen LogP contribution < -0.4 is 15.4 Å². The zero-order valence-corrected chi connectivity index (χ0v) is 21.8.